The van der Waals surface area contributed by atoms with Crippen LogP contribution in [0.15, 0.2) is 59.6 Å². The Morgan fingerprint density at radius 1 is 1.07 bits per heavy atom. The molecule has 0 aliphatic heterocycles. The van der Waals surface area contributed by atoms with Crippen molar-refractivity contribution in [1.29, 1.82) is 0 Å². The van der Waals surface area contributed by atoms with Crippen LogP contribution in [0.1, 0.15) is 38.2 Å². The summed E-state index contributed by atoms with van der Waals surface area (Å²) >= 11 is 6.07. The molecule has 0 spiro atoms. The normalized spacial score (nSPS) is 17.4. The van der Waals surface area contributed by atoms with Gasteiger partial charge in [0.25, 0.3) is 10.0 Å². The molecule has 0 radical (unpaired) electrons. The molecule has 1 heterocycles. The molecule has 0 atom stereocenters. The first-order valence-electron chi connectivity index (χ1n) is 13.6. The van der Waals surface area contributed by atoms with E-state index in [1.165, 1.54) is 31.4 Å². The van der Waals surface area contributed by atoms with Crippen molar-refractivity contribution < 1.29 is 17.5 Å². The monoisotopic (exact) mass is 597 g/mol. The SMILES string of the molecule is CCc1cc(-c2cc(F)c(NS(=O)(=O)c3ccccc3Cl)cc2OC)cc2cnc(NC3CCC(NC)CC3)nc12. The van der Waals surface area contributed by atoms with Gasteiger partial charge in [-0.25, -0.2) is 22.8 Å². The van der Waals surface area contributed by atoms with E-state index in [4.69, 9.17) is 21.3 Å². The second-order valence-electron chi connectivity index (χ2n) is 10.2. The molecule has 0 amide bonds. The van der Waals surface area contributed by atoms with Crippen molar-refractivity contribution >= 4 is 44.2 Å². The number of rotatable bonds is 9. The Morgan fingerprint density at radius 2 is 1.80 bits per heavy atom. The molecule has 1 aliphatic carbocycles. The minimum absolute atomic E-state index is 0.0361. The van der Waals surface area contributed by atoms with E-state index in [2.05, 4.69) is 20.3 Å². The first kappa shape index (κ1) is 29.0. The van der Waals surface area contributed by atoms with Crippen LogP contribution < -0.4 is 20.1 Å². The van der Waals surface area contributed by atoms with Gasteiger partial charge in [-0.2, -0.15) is 0 Å². The maximum atomic E-state index is 15.4. The van der Waals surface area contributed by atoms with Gasteiger partial charge in [-0.15, -0.1) is 0 Å². The van der Waals surface area contributed by atoms with Crippen LogP contribution in [0.25, 0.3) is 22.0 Å². The fourth-order valence-corrected chi connectivity index (χ4v) is 6.89. The zero-order valence-electron chi connectivity index (χ0n) is 23.2. The maximum absolute atomic E-state index is 15.4. The molecule has 1 saturated carbocycles. The van der Waals surface area contributed by atoms with E-state index in [0.717, 1.165) is 42.1 Å². The summed E-state index contributed by atoms with van der Waals surface area (Å²) in [4.78, 5) is 9.26. The minimum Gasteiger partial charge on any atom is -0.496 e. The average Bonchev–Trinajstić information content (AvgIpc) is 2.98. The van der Waals surface area contributed by atoms with Gasteiger partial charge in [0.2, 0.25) is 5.95 Å². The first-order valence-corrected chi connectivity index (χ1v) is 15.5. The van der Waals surface area contributed by atoms with Gasteiger partial charge in [-0.05, 0) is 80.6 Å². The summed E-state index contributed by atoms with van der Waals surface area (Å²) in [6.45, 7) is 2.04. The fraction of sp³-hybridized carbons (Fsp3) is 0.333. The second-order valence-corrected chi connectivity index (χ2v) is 12.2. The summed E-state index contributed by atoms with van der Waals surface area (Å²) in [6.07, 6.45) is 6.83. The Kier molecular flexibility index (Phi) is 8.63. The standard InChI is InChI=1S/C30H33ClFN5O3S/c1-4-18-13-19(14-20-17-34-30(36-29(18)20)35-22-11-9-21(33-2)10-12-22)23-15-25(32)26(16-27(23)40-3)37-41(38,39)28-8-6-5-7-24(28)31/h5-8,13-17,21-22,33,37H,4,9-12H2,1-3H3,(H,34,35,36). The molecule has 1 aliphatic rings. The zero-order valence-corrected chi connectivity index (χ0v) is 24.7. The molecule has 8 nitrogen and oxygen atoms in total. The number of sulfonamides is 1. The van der Waals surface area contributed by atoms with Crippen LogP contribution in [0.4, 0.5) is 16.0 Å². The van der Waals surface area contributed by atoms with E-state index < -0.39 is 15.8 Å². The largest absolute Gasteiger partial charge is 0.496 e. The van der Waals surface area contributed by atoms with E-state index in [1.54, 1.807) is 18.3 Å². The number of methoxy groups -OCH3 is 1. The molecular formula is C30H33ClFN5O3S. The number of ether oxygens (including phenoxy) is 1. The number of aromatic nitrogens is 2. The third kappa shape index (κ3) is 6.24. The summed E-state index contributed by atoms with van der Waals surface area (Å²) in [5.74, 6) is 0.158. The van der Waals surface area contributed by atoms with Crippen molar-refractivity contribution in [2.75, 3.05) is 24.2 Å². The van der Waals surface area contributed by atoms with Gasteiger partial charge >= 0.3 is 0 Å². The molecule has 0 bridgehead atoms. The molecule has 11 heteroatoms. The van der Waals surface area contributed by atoms with Crippen molar-refractivity contribution in [1.82, 2.24) is 15.3 Å². The molecule has 216 valence electrons. The van der Waals surface area contributed by atoms with Crippen LogP contribution in [0.3, 0.4) is 0 Å². The number of nitrogens with zero attached hydrogens (tertiary/aromatic N) is 2. The van der Waals surface area contributed by atoms with Gasteiger partial charge < -0.3 is 15.4 Å². The molecule has 3 aromatic carbocycles. The summed E-state index contributed by atoms with van der Waals surface area (Å²) in [5, 5.41) is 7.70. The van der Waals surface area contributed by atoms with E-state index >= 15 is 4.39 Å². The van der Waals surface area contributed by atoms with Crippen LogP contribution in [0.5, 0.6) is 5.75 Å². The van der Waals surface area contributed by atoms with Crippen molar-refractivity contribution in [3.05, 3.63) is 71.1 Å². The van der Waals surface area contributed by atoms with Crippen LogP contribution in [0.2, 0.25) is 5.02 Å². The third-order valence-corrected chi connectivity index (χ3v) is 9.45. The van der Waals surface area contributed by atoms with Gasteiger partial charge in [0.15, 0.2) is 0 Å². The Labute approximate surface area is 244 Å². The lowest BCUT2D eigenvalue weighted by Crippen LogP contribution is -2.35. The molecule has 3 N–H and O–H groups in total. The molecule has 1 aromatic heterocycles. The molecule has 4 aromatic rings. The Hall–Kier alpha value is -3.47. The molecule has 41 heavy (non-hydrogen) atoms. The Bertz CT molecular complexity index is 1680. The number of halogens is 2. The maximum Gasteiger partial charge on any atom is 0.263 e. The van der Waals surface area contributed by atoms with Crippen molar-refractivity contribution in [2.45, 2.75) is 56.0 Å². The van der Waals surface area contributed by atoms with Crippen LogP contribution in [-0.2, 0) is 16.4 Å². The highest BCUT2D eigenvalue weighted by Gasteiger charge is 2.23. The molecule has 0 saturated heterocycles. The predicted molar refractivity (Wildman–Crippen MR) is 162 cm³/mol. The van der Waals surface area contributed by atoms with Gasteiger partial charge in [0, 0.05) is 35.3 Å². The Morgan fingerprint density at radius 3 is 2.49 bits per heavy atom. The van der Waals surface area contributed by atoms with Gasteiger partial charge in [0.1, 0.15) is 16.5 Å². The number of hydrogen-bond acceptors (Lipinski definition) is 7. The van der Waals surface area contributed by atoms with Gasteiger partial charge in [0.05, 0.1) is 23.3 Å². The predicted octanol–water partition coefficient (Wildman–Crippen LogP) is 6.40. The number of benzene rings is 3. The first-order chi connectivity index (χ1) is 19.7. The minimum atomic E-state index is -4.13. The van der Waals surface area contributed by atoms with E-state index in [1.807, 2.05) is 26.1 Å². The summed E-state index contributed by atoms with van der Waals surface area (Å²) in [6, 6.07) is 13.3. The lowest BCUT2D eigenvalue weighted by atomic mass is 9.91. The topological polar surface area (TPSA) is 105 Å². The van der Waals surface area contributed by atoms with Crippen molar-refractivity contribution in [3.8, 4) is 16.9 Å². The molecular weight excluding hydrogens is 565 g/mol. The number of nitrogens with one attached hydrogen (secondary N) is 3. The van der Waals surface area contributed by atoms with Gasteiger partial charge in [-0.1, -0.05) is 30.7 Å². The molecule has 0 unspecified atom stereocenters. The van der Waals surface area contributed by atoms with E-state index in [9.17, 15) is 8.42 Å². The number of fused-ring (bicyclic) bond motifs is 1. The second kappa shape index (κ2) is 12.2. The molecule has 1 fully saturated rings. The number of hydrogen-bond donors (Lipinski definition) is 3. The Balaban J connectivity index is 1.45. The lowest BCUT2D eigenvalue weighted by molar-refractivity contribution is 0.370. The smallest absolute Gasteiger partial charge is 0.263 e. The highest BCUT2D eigenvalue weighted by molar-refractivity contribution is 7.92. The quantitative estimate of drug-likeness (QED) is 0.205. The number of aryl methyl sites for hydroxylation is 1. The highest BCUT2D eigenvalue weighted by atomic mass is 35.5. The summed E-state index contributed by atoms with van der Waals surface area (Å²) < 4.78 is 49.1. The summed E-state index contributed by atoms with van der Waals surface area (Å²) in [5.41, 5.74) is 2.75. The highest BCUT2D eigenvalue weighted by Crippen LogP contribution is 2.38. The van der Waals surface area contributed by atoms with Crippen LogP contribution in [0, 0.1) is 5.82 Å². The third-order valence-electron chi connectivity index (χ3n) is 7.58. The van der Waals surface area contributed by atoms with E-state index in [-0.39, 0.29) is 15.6 Å². The van der Waals surface area contributed by atoms with Crippen LogP contribution in [-0.4, -0.2) is 44.6 Å². The van der Waals surface area contributed by atoms with Gasteiger partial charge in [-0.3, -0.25) is 4.72 Å². The average molecular weight is 598 g/mol. The molecule has 5 rings (SSSR count). The summed E-state index contributed by atoms with van der Waals surface area (Å²) in [7, 11) is -0.669. The lowest BCUT2D eigenvalue weighted by Gasteiger charge is -2.28. The number of anilines is 2. The fourth-order valence-electron chi connectivity index (χ4n) is 5.31. The van der Waals surface area contributed by atoms with Crippen molar-refractivity contribution in [3.63, 3.8) is 0 Å². The van der Waals surface area contributed by atoms with Crippen LogP contribution >= 0.6 is 11.6 Å². The zero-order chi connectivity index (χ0) is 29.1. The van der Waals surface area contributed by atoms with E-state index in [0.29, 0.717) is 41.3 Å². The van der Waals surface area contributed by atoms with Crippen molar-refractivity contribution in [2.24, 2.45) is 0 Å².